The van der Waals surface area contributed by atoms with Crippen molar-refractivity contribution in [1.29, 1.82) is 0 Å². The van der Waals surface area contributed by atoms with Crippen LogP contribution in [0.25, 0.3) is 11.1 Å². The minimum absolute atomic E-state index is 0.0770. The van der Waals surface area contributed by atoms with Gasteiger partial charge in [0, 0.05) is 35.9 Å². The van der Waals surface area contributed by atoms with E-state index in [1.54, 1.807) is 12.1 Å². The van der Waals surface area contributed by atoms with Crippen LogP contribution in [0.4, 0.5) is 14.5 Å². The van der Waals surface area contributed by atoms with Crippen molar-refractivity contribution in [2.45, 2.75) is 25.5 Å². The number of alkyl halides is 2. The Kier molecular flexibility index (Phi) is 4.52. The zero-order chi connectivity index (χ0) is 17.4. The van der Waals surface area contributed by atoms with Gasteiger partial charge >= 0.3 is 6.61 Å². The van der Waals surface area contributed by atoms with E-state index in [9.17, 15) is 8.78 Å². The molecule has 1 fully saturated rings. The number of fused-ring (bicyclic) bond motifs is 3. The number of hydrogen-bond acceptors (Lipinski definition) is 3. The maximum atomic E-state index is 12.4. The Morgan fingerprint density at radius 1 is 1.16 bits per heavy atom. The number of halogens is 3. The van der Waals surface area contributed by atoms with Gasteiger partial charge in [0.2, 0.25) is 0 Å². The molecule has 0 amide bonds. The van der Waals surface area contributed by atoms with Gasteiger partial charge < -0.3 is 15.0 Å². The average Bonchev–Trinajstić information content (AvgIpc) is 2.77. The fraction of sp³-hybridized carbons (Fsp3) is 0.368. The summed E-state index contributed by atoms with van der Waals surface area (Å²) < 4.78 is 29.2. The van der Waals surface area contributed by atoms with Gasteiger partial charge in [-0.3, -0.25) is 0 Å². The summed E-state index contributed by atoms with van der Waals surface area (Å²) in [5, 5.41) is 3.87. The van der Waals surface area contributed by atoms with Crippen molar-refractivity contribution in [1.82, 2.24) is 5.32 Å². The molecular formula is C19H19ClF2N2O. The Hall–Kier alpha value is -1.85. The van der Waals surface area contributed by atoms with Crippen LogP contribution in [0.2, 0.25) is 5.02 Å². The molecule has 0 spiro atoms. The molecule has 0 saturated carbocycles. The summed E-state index contributed by atoms with van der Waals surface area (Å²) in [5.74, 6) is 0.0770. The lowest BCUT2D eigenvalue weighted by molar-refractivity contribution is -0.0498. The summed E-state index contributed by atoms with van der Waals surface area (Å²) in [6.45, 7) is 0.0939. The van der Waals surface area contributed by atoms with Crippen LogP contribution in [0.5, 0.6) is 5.75 Å². The van der Waals surface area contributed by atoms with Crippen molar-refractivity contribution in [3.05, 3.63) is 47.0 Å². The molecule has 4 rings (SSSR count). The number of ether oxygens (including phenoxy) is 1. The van der Waals surface area contributed by atoms with E-state index in [-0.39, 0.29) is 5.75 Å². The Morgan fingerprint density at radius 3 is 2.84 bits per heavy atom. The normalized spacial score (nSPS) is 19.5. The van der Waals surface area contributed by atoms with E-state index in [1.165, 1.54) is 17.3 Å². The van der Waals surface area contributed by atoms with Crippen LogP contribution in [-0.4, -0.2) is 32.3 Å². The van der Waals surface area contributed by atoms with E-state index in [1.807, 2.05) is 12.1 Å². The molecule has 1 atom stereocenters. The van der Waals surface area contributed by atoms with Crippen molar-refractivity contribution < 1.29 is 13.5 Å². The Morgan fingerprint density at radius 2 is 2.04 bits per heavy atom. The highest BCUT2D eigenvalue weighted by Gasteiger charge is 2.32. The third kappa shape index (κ3) is 3.18. The minimum atomic E-state index is -2.85. The predicted molar refractivity (Wildman–Crippen MR) is 95.8 cm³/mol. The Balaban J connectivity index is 1.74. The van der Waals surface area contributed by atoms with Crippen molar-refractivity contribution in [3.8, 4) is 16.9 Å². The van der Waals surface area contributed by atoms with E-state index in [0.29, 0.717) is 11.1 Å². The lowest BCUT2D eigenvalue weighted by atomic mass is 9.99. The van der Waals surface area contributed by atoms with Crippen molar-refractivity contribution in [2.24, 2.45) is 0 Å². The molecule has 0 radical (unpaired) electrons. The molecule has 3 nitrogen and oxygen atoms in total. The van der Waals surface area contributed by atoms with Gasteiger partial charge in [-0.1, -0.05) is 29.8 Å². The quantitative estimate of drug-likeness (QED) is 0.877. The smallest absolute Gasteiger partial charge is 0.387 e. The van der Waals surface area contributed by atoms with E-state index in [0.717, 1.165) is 43.6 Å². The molecule has 25 heavy (non-hydrogen) atoms. The van der Waals surface area contributed by atoms with Crippen LogP contribution in [0.15, 0.2) is 36.4 Å². The SMILES string of the molecule is FC(F)Oc1ccc(-c2cccc3c2N2CCNCCC2C3)c(Cl)c1. The number of para-hydroxylation sites is 1. The van der Waals surface area contributed by atoms with Crippen LogP contribution in [-0.2, 0) is 6.42 Å². The van der Waals surface area contributed by atoms with E-state index < -0.39 is 6.61 Å². The number of anilines is 1. The molecular weight excluding hydrogens is 346 g/mol. The number of nitrogens with one attached hydrogen (secondary N) is 1. The number of rotatable bonds is 3. The summed E-state index contributed by atoms with van der Waals surface area (Å²) in [6, 6.07) is 11.5. The maximum Gasteiger partial charge on any atom is 0.387 e. The molecule has 2 aliphatic rings. The molecule has 0 aromatic heterocycles. The largest absolute Gasteiger partial charge is 0.435 e. The molecule has 1 unspecified atom stereocenters. The fourth-order valence-corrected chi connectivity index (χ4v) is 4.17. The van der Waals surface area contributed by atoms with Gasteiger partial charge in [-0.05, 0) is 43.1 Å². The molecule has 2 heterocycles. The summed E-state index contributed by atoms with van der Waals surface area (Å²) in [7, 11) is 0. The Labute approximate surface area is 150 Å². The fourth-order valence-electron chi connectivity index (χ4n) is 3.90. The highest BCUT2D eigenvalue weighted by atomic mass is 35.5. The molecule has 6 heteroatoms. The highest BCUT2D eigenvalue weighted by molar-refractivity contribution is 6.33. The second-order valence-corrected chi connectivity index (χ2v) is 6.83. The predicted octanol–water partition coefficient (Wildman–Crippen LogP) is 4.33. The second kappa shape index (κ2) is 6.81. The Bertz CT molecular complexity index is 784. The van der Waals surface area contributed by atoms with Crippen molar-refractivity contribution >= 4 is 17.3 Å². The topological polar surface area (TPSA) is 24.5 Å². The molecule has 0 bridgehead atoms. The number of hydrogen-bond donors (Lipinski definition) is 1. The highest BCUT2D eigenvalue weighted by Crippen LogP contribution is 2.44. The molecule has 2 aromatic carbocycles. The first-order valence-electron chi connectivity index (χ1n) is 8.47. The van der Waals surface area contributed by atoms with Gasteiger partial charge in [0.05, 0.1) is 5.02 Å². The summed E-state index contributed by atoms with van der Waals surface area (Å²) in [6.07, 6.45) is 2.15. The van der Waals surface area contributed by atoms with Crippen LogP contribution in [0, 0.1) is 0 Å². The van der Waals surface area contributed by atoms with Crippen LogP contribution in [0.1, 0.15) is 12.0 Å². The van der Waals surface area contributed by atoms with Crippen molar-refractivity contribution in [3.63, 3.8) is 0 Å². The van der Waals surface area contributed by atoms with E-state index in [2.05, 4.69) is 21.0 Å². The first-order chi connectivity index (χ1) is 12.1. The molecule has 0 aliphatic carbocycles. The zero-order valence-electron chi connectivity index (χ0n) is 13.6. The van der Waals surface area contributed by atoms with E-state index >= 15 is 0 Å². The third-order valence-corrected chi connectivity index (χ3v) is 5.26. The first-order valence-corrected chi connectivity index (χ1v) is 8.85. The summed E-state index contributed by atoms with van der Waals surface area (Å²) in [5.41, 5.74) is 4.45. The lowest BCUT2D eigenvalue weighted by Gasteiger charge is -2.27. The van der Waals surface area contributed by atoms with Crippen LogP contribution < -0.4 is 15.0 Å². The number of benzene rings is 2. The molecule has 2 aliphatic heterocycles. The molecule has 2 aromatic rings. The minimum Gasteiger partial charge on any atom is -0.435 e. The van der Waals surface area contributed by atoms with Gasteiger partial charge in [0.1, 0.15) is 5.75 Å². The van der Waals surface area contributed by atoms with Gasteiger partial charge in [-0.15, -0.1) is 0 Å². The van der Waals surface area contributed by atoms with Gasteiger partial charge in [-0.25, -0.2) is 0 Å². The third-order valence-electron chi connectivity index (χ3n) is 4.94. The van der Waals surface area contributed by atoms with Crippen LogP contribution >= 0.6 is 11.6 Å². The average molecular weight is 365 g/mol. The number of nitrogens with zero attached hydrogens (tertiary/aromatic N) is 1. The molecule has 132 valence electrons. The van der Waals surface area contributed by atoms with Gasteiger partial charge in [-0.2, -0.15) is 8.78 Å². The van der Waals surface area contributed by atoms with E-state index in [4.69, 9.17) is 11.6 Å². The maximum absolute atomic E-state index is 12.4. The summed E-state index contributed by atoms with van der Waals surface area (Å²) in [4.78, 5) is 2.46. The molecule has 1 saturated heterocycles. The standard InChI is InChI=1S/C19H19ClF2N2O/c20-17-11-14(25-19(21)22)4-5-15(17)16-3-1-2-12-10-13-6-7-23-8-9-24(13)18(12)16/h1-5,11,13,19,23H,6-10H2. The lowest BCUT2D eigenvalue weighted by Crippen LogP contribution is -2.33. The monoisotopic (exact) mass is 364 g/mol. The summed E-state index contributed by atoms with van der Waals surface area (Å²) >= 11 is 6.40. The van der Waals surface area contributed by atoms with Crippen LogP contribution in [0.3, 0.4) is 0 Å². The van der Waals surface area contributed by atoms with Gasteiger partial charge in [0.15, 0.2) is 0 Å². The molecule has 1 N–H and O–H groups in total. The zero-order valence-corrected chi connectivity index (χ0v) is 14.4. The first kappa shape index (κ1) is 16.6. The second-order valence-electron chi connectivity index (χ2n) is 6.42. The van der Waals surface area contributed by atoms with Gasteiger partial charge in [0.25, 0.3) is 0 Å². The van der Waals surface area contributed by atoms with Crippen molar-refractivity contribution in [2.75, 3.05) is 24.5 Å².